The number of nitrogens with zero attached hydrogens (tertiary/aromatic N) is 3. The van der Waals surface area contributed by atoms with Crippen molar-refractivity contribution in [2.75, 3.05) is 42.8 Å². The molecular formula is C26H37N5O4S. The van der Waals surface area contributed by atoms with Crippen LogP contribution >= 0.6 is 0 Å². The van der Waals surface area contributed by atoms with E-state index < -0.39 is 14.6 Å². The number of hydrogen-bond donors (Lipinski definition) is 2. The lowest BCUT2D eigenvalue weighted by Gasteiger charge is -2.35. The van der Waals surface area contributed by atoms with E-state index in [-0.39, 0.29) is 12.1 Å². The Morgan fingerprint density at radius 2 is 1.89 bits per heavy atom. The summed E-state index contributed by atoms with van der Waals surface area (Å²) in [7, 11) is -3.40. The summed E-state index contributed by atoms with van der Waals surface area (Å²) in [6.07, 6.45) is 4.16. The summed E-state index contributed by atoms with van der Waals surface area (Å²) in [6.45, 7) is 8.60. The summed E-state index contributed by atoms with van der Waals surface area (Å²) in [5, 5.41) is 5.67. The fourth-order valence-corrected chi connectivity index (χ4v) is 6.46. The number of nitrogens with one attached hydrogen (secondary N) is 2. The van der Waals surface area contributed by atoms with Crippen LogP contribution in [-0.2, 0) is 19.3 Å². The van der Waals surface area contributed by atoms with Crippen LogP contribution in [0.2, 0.25) is 0 Å². The van der Waals surface area contributed by atoms with Crippen LogP contribution in [0.1, 0.15) is 52.1 Å². The predicted octanol–water partition coefficient (Wildman–Crippen LogP) is 3.96. The molecular weight excluding hydrogens is 478 g/mol. The minimum atomic E-state index is -3.40. The highest BCUT2D eigenvalue weighted by molar-refractivity contribution is 7.91. The molecule has 0 spiro atoms. The average molecular weight is 516 g/mol. The first-order valence-corrected chi connectivity index (χ1v) is 14.6. The first-order chi connectivity index (χ1) is 17.1. The summed E-state index contributed by atoms with van der Waals surface area (Å²) in [5.74, 6) is 1.56. The molecule has 2 aliphatic rings. The van der Waals surface area contributed by atoms with Gasteiger partial charge in [0.2, 0.25) is 0 Å². The SMILES string of the molecule is CC(C)CNC(=O)Nc1ccc(-c2nc(N3CCOC[C@@H]3C)cc(C3(S(C)(=O)=O)CCCC3)n2)cc1. The normalized spacial score (nSPS) is 19.9. The topological polar surface area (TPSA) is 114 Å². The van der Waals surface area contributed by atoms with Gasteiger partial charge in [0.25, 0.3) is 0 Å². The number of rotatable bonds is 7. The number of hydrogen-bond acceptors (Lipinski definition) is 7. The maximum atomic E-state index is 13.1. The van der Waals surface area contributed by atoms with Crippen LogP contribution in [0.15, 0.2) is 30.3 Å². The third-order valence-corrected chi connectivity index (χ3v) is 9.07. The number of carbonyl (C=O) groups excluding carboxylic acids is 1. The predicted molar refractivity (Wildman–Crippen MR) is 142 cm³/mol. The van der Waals surface area contributed by atoms with Gasteiger partial charge in [0.05, 0.1) is 24.9 Å². The molecule has 2 heterocycles. The van der Waals surface area contributed by atoms with E-state index in [1.54, 1.807) is 12.1 Å². The highest BCUT2D eigenvalue weighted by atomic mass is 32.2. The summed E-state index contributed by atoms with van der Waals surface area (Å²) >= 11 is 0. The zero-order valence-corrected chi connectivity index (χ0v) is 22.4. The highest BCUT2D eigenvalue weighted by Gasteiger charge is 2.47. The molecule has 9 nitrogen and oxygen atoms in total. The van der Waals surface area contributed by atoms with Crippen molar-refractivity contribution in [3.05, 3.63) is 36.0 Å². The monoisotopic (exact) mass is 515 g/mol. The van der Waals surface area contributed by atoms with Crippen LogP contribution in [-0.4, -0.2) is 63.0 Å². The molecule has 2 aromatic rings. The van der Waals surface area contributed by atoms with E-state index in [1.807, 2.05) is 32.0 Å². The fourth-order valence-electron chi connectivity index (χ4n) is 4.95. The number of sulfone groups is 1. The van der Waals surface area contributed by atoms with E-state index in [1.165, 1.54) is 6.26 Å². The maximum Gasteiger partial charge on any atom is 0.319 e. The second kappa shape index (κ2) is 10.7. The molecule has 1 aromatic carbocycles. The molecule has 1 atom stereocenters. The summed E-state index contributed by atoms with van der Waals surface area (Å²) in [6, 6.07) is 9.04. The van der Waals surface area contributed by atoms with Crippen LogP contribution in [0.5, 0.6) is 0 Å². The van der Waals surface area contributed by atoms with E-state index >= 15 is 0 Å². The molecule has 1 saturated carbocycles. The molecule has 36 heavy (non-hydrogen) atoms. The van der Waals surface area contributed by atoms with Crippen molar-refractivity contribution in [2.45, 2.75) is 57.2 Å². The van der Waals surface area contributed by atoms with Crippen molar-refractivity contribution >= 4 is 27.4 Å². The number of aromatic nitrogens is 2. The van der Waals surface area contributed by atoms with Gasteiger partial charge in [0.1, 0.15) is 10.6 Å². The van der Waals surface area contributed by atoms with Gasteiger partial charge in [0, 0.05) is 36.7 Å². The van der Waals surface area contributed by atoms with Gasteiger partial charge in [-0.3, -0.25) is 0 Å². The lowest BCUT2D eigenvalue weighted by Crippen LogP contribution is -2.44. The van der Waals surface area contributed by atoms with Gasteiger partial charge in [-0.2, -0.15) is 0 Å². The van der Waals surface area contributed by atoms with Gasteiger partial charge in [0.15, 0.2) is 15.7 Å². The van der Waals surface area contributed by atoms with Gasteiger partial charge < -0.3 is 20.3 Å². The Morgan fingerprint density at radius 1 is 1.19 bits per heavy atom. The standard InChI is InChI=1S/C26H37N5O4S/c1-18(2)16-27-25(32)28-21-9-7-20(8-10-21)24-29-22(26(36(4,33)34)11-5-6-12-26)15-23(30-24)31-13-14-35-17-19(31)3/h7-10,15,18-19H,5-6,11-14,16-17H2,1-4H3,(H2,27,28,32)/t19-/m0/s1. The Kier molecular flexibility index (Phi) is 7.85. The number of anilines is 2. The van der Waals surface area contributed by atoms with Crippen molar-refractivity contribution in [3.8, 4) is 11.4 Å². The van der Waals surface area contributed by atoms with E-state index in [9.17, 15) is 13.2 Å². The first-order valence-electron chi connectivity index (χ1n) is 12.7. The van der Waals surface area contributed by atoms with Crippen LogP contribution in [0.25, 0.3) is 11.4 Å². The second-order valence-electron chi connectivity index (χ2n) is 10.3. The third-order valence-electron chi connectivity index (χ3n) is 7.03. The van der Waals surface area contributed by atoms with Crippen molar-refractivity contribution < 1.29 is 17.9 Å². The van der Waals surface area contributed by atoms with Crippen LogP contribution in [0.4, 0.5) is 16.3 Å². The number of carbonyl (C=O) groups is 1. The third kappa shape index (κ3) is 5.64. The van der Waals surface area contributed by atoms with Crippen molar-refractivity contribution in [2.24, 2.45) is 5.92 Å². The van der Waals surface area contributed by atoms with Crippen molar-refractivity contribution in [1.82, 2.24) is 15.3 Å². The molecule has 0 radical (unpaired) electrons. The molecule has 4 rings (SSSR count). The Balaban J connectivity index is 1.70. The van der Waals surface area contributed by atoms with E-state index in [0.29, 0.717) is 62.3 Å². The second-order valence-corrected chi connectivity index (χ2v) is 12.7. The Hall–Kier alpha value is -2.72. The van der Waals surface area contributed by atoms with Crippen molar-refractivity contribution in [3.63, 3.8) is 0 Å². The van der Waals surface area contributed by atoms with Crippen LogP contribution in [0, 0.1) is 5.92 Å². The lowest BCUT2D eigenvalue weighted by molar-refractivity contribution is 0.0985. The van der Waals surface area contributed by atoms with Crippen LogP contribution in [0.3, 0.4) is 0 Å². The van der Waals surface area contributed by atoms with Crippen molar-refractivity contribution in [1.29, 1.82) is 0 Å². The number of ether oxygens (including phenoxy) is 1. The van der Waals surface area contributed by atoms with Gasteiger partial charge >= 0.3 is 6.03 Å². The summed E-state index contributed by atoms with van der Waals surface area (Å²) < 4.78 is 30.7. The number of morpholine rings is 1. The number of urea groups is 1. The quantitative estimate of drug-likeness (QED) is 0.574. The maximum absolute atomic E-state index is 13.1. The molecule has 2 amide bonds. The molecule has 2 N–H and O–H groups in total. The van der Waals surface area contributed by atoms with E-state index in [0.717, 1.165) is 24.2 Å². The Labute approximate surface area is 214 Å². The number of benzene rings is 1. The minimum absolute atomic E-state index is 0.114. The highest BCUT2D eigenvalue weighted by Crippen LogP contribution is 2.45. The van der Waals surface area contributed by atoms with Gasteiger partial charge in [-0.1, -0.05) is 26.7 Å². The van der Waals surface area contributed by atoms with E-state index in [4.69, 9.17) is 14.7 Å². The zero-order valence-electron chi connectivity index (χ0n) is 21.6. The molecule has 1 saturated heterocycles. The Bertz CT molecular complexity index is 1180. The minimum Gasteiger partial charge on any atom is -0.377 e. The molecule has 1 aliphatic carbocycles. The van der Waals surface area contributed by atoms with Crippen LogP contribution < -0.4 is 15.5 Å². The molecule has 0 unspecified atom stereocenters. The smallest absolute Gasteiger partial charge is 0.319 e. The average Bonchev–Trinajstić information content (AvgIpc) is 3.35. The molecule has 0 bridgehead atoms. The van der Waals surface area contributed by atoms with Gasteiger partial charge in [-0.05, 0) is 49.9 Å². The van der Waals surface area contributed by atoms with Gasteiger partial charge in [-0.25, -0.2) is 23.2 Å². The first kappa shape index (κ1) is 26.3. The zero-order chi connectivity index (χ0) is 25.9. The lowest BCUT2D eigenvalue weighted by atomic mass is 10.0. The Morgan fingerprint density at radius 3 is 2.50 bits per heavy atom. The largest absolute Gasteiger partial charge is 0.377 e. The van der Waals surface area contributed by atoms with E-state index in [2.05, 4.69) is 22.5 Å². The number of amides is 2. The molecule has 1 aromatic heterocycles. The molecule has 1 aliphatic heterocycles. The molecule has 2 fully saturated rings. The molecule has 10 heteroatoms. The summed E-state index contributed by atoms with van der Waals surface area (Å²) in [5.41, 5.74) is 1.98. The van der Waals surface area contributed by atoms with Gasteiger partial charge in [-0.15, -0.1) is 0 Å². The summed E-state index contributed by atoms with van der Waals surface area (Å²) in [4.78, 5) is 24.0. The molecule has 196 valence electrons. The fraction of sp³-hybridized carbons (Fsp3) is 0.577.